The summed E-state index contributed by atoms with van der Waals surface area (Å²) in [6, 6.07) is 6.76. The number of rotatable bonds is 5. The van der Waals surface area contributed by atoms with Crippen LogP contribution in [0.5, 0.6) is 5.75 Å². The molecule has 3 aromatic rings. The van der Waals surface area contributed by atoms with E-state index < -0.39 is 4.92 Å². The van der Waals surface area contributed by atoms with Crippen molar-refractivity contribution in [2.24, 2.45) is 0 Å². The molecule has 0 aliphatic carbocycles. The molecule has 3 heterocycles. The smallest absolute Gasteiger partial charge is 0.406 e. The highest BCUT2D eigenvalue weighted by Crippen LogP contribution is 2.25. The lowest BCUT2D eigenvalue weighted by atomic mass is 10.4. The molecule has 0 radical (unpaired) electrons. The Kier molecular flexibility index (Phi) is 3.56. The van der Waals surface area contributed by atoms with Crippen molar-refractivity contribution in [2.45, 2.75) is 6.61 Å². The maximum Gasteiger partial charge on any atom is 0.406 e. The molecule has 3 rings (SSSR count). The number of thiophene rings is 1. The minimum absolute atomic E-state index is 0.0540. The van der Waals surface area contributed by atoms with Crippen molar-refractivity contribution in [1.29, 1.82) is 0 Å². The number of hydrogen-bond donors (Lipinski definition) is 0. The highest BCUT2D eigenvalue weighted by Gasteiger charge is 2.17. The molecule has 3 aromatic heterocycles. The first-order chi connectivity index (χ1) is 10.2. The fourth-order valence-electron chi connectivity index (χ4n) is 1.59. The van der Waals surface area contributed by atoms with E-state index in [0.29, 0.717) is 5.82 Å². The maximum absolute atomic E-state index is 10.8. The van der Waals surface area contributed by atoms with E-state index >= 15 is 0 Å². The molecular formula is C12H8N4O4S. The summed E-state index contributed by atoms with van der Waals surface area (Å²) in [6.07, 6.45) is 1.33. The highest BCUT2D eigenvalue weighted by atomic mass is 32.1. The molecule has 0 aliphatic heterocycles. The SMILES string of the molecule is O=[N+]([O-])c1ncccc1OCc1nc(-c2cccs2)no1. The standard InChI is InChI=1S/C12H8N4O4S/c17-16(18)12-8(3-1-5-13-12)19-7-10-14-11(15-20-10)9-4-2-6-21-9/h1-6H,7H2. The van der Waals surface area contributed by atoms with Gasteiger partial charge in [-0.3, -0.25) is 0 Å². The van der Waals surface area contributed by atoms with Crippen LogP contribution in [0.4, 0.5) is 5.82 Å². The Morgan fingerprint density at radius 3 is 3.05 bits per heavy atom. The lowest BCUT2D eigenvalue weighted by Gasteiger charge is -2.02. The van der Waals surface area contributed by atoms with E-state index in [1.165, 1.54) is 23.6 Å². The van der Waals surface area contributed by atoms with E-state index in [0.717, 1.165) is 4.88 Å². The van der Waals surface area contributed by atoms with Gasteiger partial charge in [-0.1, -0.05) is 11.2 Å². The van der Waals surface area contributed by atoms with Crippen LogP contribution >= 0.6 is 11.3 Å². The van der Waals surface area contributed by atoms with Crippen LogP contribution in [0.1, 0.15) is 5.89 Å². The predicted molar refractivity (Wildman–Crippen MR) is 72.8 cm³/mol. The fraction of sp³-hybridized carbons (Fsp3) is 0.0833. The monoisotopic (exact) mass is 304 g/mol. The van der Waals surface area contributed by atoms with Crippen molar-refractivity contribution in [2.75, 3.05) is 0 Å². The van der Waals surface area contributed by atoms with E-state index in [1.807, 2.05) is 17.5 Å². The Balaban J connectivity index is 1.73. The summed E-state index contributed by atoms with van der Waals surface area (Å²) in [7, 11) is 0. The summed E-state index contributed by atoms with van der Waals surface area (Å²) in [5.74, 6) is 0.398. The van der Waals surface area contributed by atoms with E-state index in [-0.39, 0.29) is 24.1 Å². The second-order valence-corrected chi connectivity index (χ2v) is 4.81. The normalized spacial score (nSPS) is 10.5. The minimum Gasteiger partial charge on any atom is -0.476 e. The number of nitrogens with zero attached hydrogens (tertiary/aromatic N) is 4. The third-order valence-electron chi connectivity index (χ3n) is 2.48. The third kappa shape index (κ3) is 2.87. The summed E-state index contributed by atoms with van der Waals surface area (Å²) < 4.78 is 10.4. The van der Waals surface area contributed by atoms with Gasteiger partial charge in [0, 0.05) is 0 Å². The largest absolute Gasteiger partial charge is 0.476 e. The van der Waals surface area contributed by atoms with Crippen LogP contribution in [0.2, 0.25) is 0 Å². The summed E-state index contributed by atoms with van der Waals surface area (Å²) >= 11 is 1.49. The quantitative estimate of drug-likeness (QED) is 0.527. The van der Waals surface area contributed by atoms with Gasteiger partial charge in [-0.15, -0.1) is 11.3 Å². The molecule has 21 heavy (non-hydrogen) atoms. The first kappa shape index (κ1) is 13.2. The van der Waals surface area contributed by atoms with Gasteiger partial charge in [0.1, 0.15) is 6.20 Å². The Morgan fingerprint density at radius 2 is 2.29 bits per heavy atom. The molecule has 0 aliphatic rings. The van der Waals surface area contributed by atoms with Gasteiger partial charge in [0.15, 0.2) is 6.61 Å². The van der Waals surface area contributed by atoms with Gasteiger partial charge in [0.05, 0.1) is 4.88 Å². The molecule has 0 bridgehead atoms. The van der Waals surface area contributed by atoms with Crippen molar-refractivity contribution in [1.82, 2.24) is 15.1 Å². The zero-order valence-corrected chi connectivity index (χ0v) is 11.3. The minimum atomic E-state index is -0.611. The molecule has 0 saturated heterocycles. The second-order valence-electron chi connectivity index (χ2n) is 3.86. The van der Waals surface area contributed by atoms with Crippen molar-refractivity contribution in [3.8, 4) is 16.5 Å². The van der Waals surface area contributed by atoms with Gasteiger partial charge in [0.2, 0.25) is 11.6 Å². The van der Waals surface area contributed by atoms with E-state index in [9.17, 15) is 10.1 Å². The molecular weight excluding hydrogens is 296 g/mol. The van der Waals surface area contributed by atoms with Crippen molar-refractivity contribution >= 4 is 17.2 Å². The van der Waals surface area contributed by atoms with E-state index in [1.54, 1.807) is 6.07 Å². The van der Waals surface area contributed by atoms with Gasteiger partial charge in [-0.25, -0.2) is 0 Å². The molecule has 0 fully saturated rings. The summed E-state index contributed by atoms with van der Waals surface area (Å²) in [4.78, 5) is 18.9. The van der Waals surface area contributed by atoms with Crippen LogP contribution in [-0.2, 0) is 6.61 Å². The number of nitro groups is 1. The molecule has 0 amide bonds. The summed E-state index contributed by atoms with van der Waals surface area (Å²) in [6.45, 7) is -0.0646. The van der Waals surface area contributed by atoms with Crippen LogP contribution in [0.15, 0.2) is 40.4 Å². The predicted octanol–water partition coefficient (Wildman–Crippen LogP) is 2.68. The first-order valence-electron chi connectivity index (χ1n) is 5.82. The van der Waals surface area contributed by atoms with E-state index in [4.69, 9.17) is 9.26 Å². The molecule has 106 valence electrons. The molecule has 9 heteroatoms. The summed E-state index contributed by atoms with van der Waals surface area (Å²) in [5, 5.41) is 16.5. The zero-order valence-electron chi connectivity index (χ0n) is 10.5. The Labute approximate surface area is 122 Å². The van der Waals surface area contributed by atoms with Crippen LogP contribution in [-0.4, -0.2) is 20.0 Å². The Hall–Kier alpha value is -2.81. The molecule has 0 atom stereocenters. The average Bonchev–Trinajstić information content (AvgIpc) is 3.16. The van der Waals surface area contributed by atoms with Gasteiger partial charge in [-0.05, 0) is 33.5 Å². The average molecular weight is 304 g/mol. The highest BCUT2D eigenvalue weighted by molar-refractivity contribution is 7.13. The molecule has 0 spiro atoms. The fourth-order valence-corrected chi connectivity index (χ4v) is 2.24. The van der Waals surface area contributed by atoms with Crippen LogP contribution in [0.25, 0.3) is 10.7 Å². The topological polar surface area (TPSA) is 104 Å². The number of aromatic nitrogens is 3. The number of hydrogen-bond acceptors (Lipinski definition) is 8. The maximum atomic E-state index is 10.8. The van der Waals surface area contributed by atoms with Crippen molar-refractivity contribution in [3.05, 3.63) is 51.8 Å². The van der Waals surface area contributed by atoms with Gasteiger partial charge in [0.25, 0.3) is 5.89 Å². The molecule has 0 aromatic carbocycles. The van der Waals surface area contributed by atoms with Crippen LogP contribution < -0.4 is 4.74 Å². The Morgan fingerprint density at radius 1 is 1.38 bits per heavy atom. The Bertz CT molecular complexity index is 756. The third-order valence-corrected chi connectivity index (χ3v) is 3.35. The number of ether oxygens (including phenoxy) is 1. The summed E-state index contributed by atoms with van der Waals surface area (Å²) in [5.41, 5.74) is 0. The molecule has 0 saturated carbocycles. The van der Waals surface area contributed by atoms with Gasteiger partial charge < -0.3 is 19.4 Å². The molecule has 8 nitrogen and oxygen atoms in total. The lowest BCUT2D eigenvalue weighted by Crippen LogP contribution is -2.00. The van der Waals surface area contributed by atoms with E-state index in [2.05, 4.69) is 15.1 Å². The second kappa shape index (κ2) is 5.67. The van der Waals surface area contributed by atoms with Crippen molar-refractivity contribution in [3.63, 3.8) is 0 Å². The van der Waals surface area contributed by atoms with Crippen LogP contribution in [0, 0.1) is 10.1 Å². The van der Waals surface area contributed by atoms with Crippen molar-refractivity contribution < 1.29 is 14.2 Å². The van der Waals surface area contributed by atoms with Gasteiger partial charge in [-0.2, -0.15) is 4.98 Å². The molecule has 0 unspecified atom stereocenters. The zero-order chi connectivity index (χ0) is 14.7. The molecule has 0 N–H and O–H groups in total. The first-order valence-corrected chi connectivity index (χ1v) is 6.70. The van der Waals surface area contributed by atoms with Crippen LogP contribution in [0.3, 0.4) is 0 Å². The number of pyridine rings is 1. The van der Waals surface area contributed by atoms with Gasteiger partial charge >= 0.3 is 5.82 Å². The lowest BCUT2D eigenvalue weighted by molar-refractivity contribution is -0.390.